The molecule has 0 aliphatic heterocycles. The molecule has 4 heteroatoms. The normalized spacial score (nSPS) is 10.1. The first-order chi connectivity index (χ1) is 9.78. The molecule has 0 unspecified atom stereocenters. The van der Waals surface area contributed by atoms with Gasteiger partial charge in [0.25, 0.3) is 0 Å². The highest BCUT2D eigenvalue weighted by Gasteiger charge is 1.97. The molecule has 0 spiro atoms. The molecule has 2 rings (SSSR count). The summed E-state index contributed by atoms with van der Waals surface area (Å²) in [5, 5.41) is 0. The van der Waals surface area contributed by atoms with Crippen molar-refractivity contribution in [2.45, 2.75) is 6.92 Å². The standard InChI is InChI=1S/C16H19NO3/c1-2-18-14-6-8-15(9-7-14)19-10-11-20-16-5-3-4-13(17)12-16/h3-9,12H,2,10-11,17H2,1H3. The van der Waals surface area contributed by atoms with E-state index in [1.807, 2.05) is 49.4 Å². The topological polar surface area (TPSA) is 53.7 Å². The summed E-state index contributed by atoms with van der Waals surface area (Å²) < 4.78 is 16.5. The van der Waals surface area contributed by atoms with E-state index in [0.29, 0.717) is 25.5 Å². The van der Waals surface area contributed by atoms with Crippen LogP contribution in [0, 0.1) is 0 Å². The number of ether oxygens (including phenoxy) is 3. The van der Waals surface area contributed by atoms with Crippen molar-refractivity contribution in [3.05, 3.63) is 48.5 Å². The van der Waals surface area contributed by atoms with Crippen LogP contribution in [0.2, 0.25) is 0 Å². The maximum absolute atomic E-state index is 5.67. The third-order valence-corrected chi connectivity index (χ3v) is 2.61. The van der Waals surface area contributed by atoms with Gasteiger partial charge in [0.1, 0.15) is 30.5 Å². The summed E-state index contributed by atoms with van der Waals surface area (Å²) in [5.41, 5.74) is 6.36. The number of rotatable bonds is 7. The molecule has 0 heterocycles. The second-order valence-electron chi connectivity index (χ2n) is 4.17. The average Bonchev–Trinajstić information content (AvgIpc) is 2.46. The maximum atomic E-state index is 5.67. The summed E-state index contributed by atoms with van der Waals surface area (Å²) in [4.78, 5) is 0. The van der Waals surface area contributed by atoms with Gasteiger partial charge in [-0.15, -0.1) is 0 Å². The molecule has 4 nitrogen and oxygen atoms in total. The zero-order chi connectivity index (χ0) is 14.2. The molecule has 0 fully saturated rings. The molecule has 2 aromatic carbocycles. The van der Waals surface area contributed by atoms with E-state index in [0.717, 1.165) is 17.2 Å². The Morgan fingerprint density at radius 1 is 0.800 bits per heavy atom. The Balaban J connectivity index is 1.73. The van der Waals surface area contributed by atoms with Gasteiger partial charge in [-0.2, -0.15) is 0 Å². The monoisotopic (exact) mass is 273 g/mol. The minimum Gasteiger partial charge on any atom is -0.494 e. The van der Waals surface area contributed by atoms with Crippen LogP contribution in [0.3, 0.4) is 0 Å². The van der Waals surface area contributed by atoms with E-state index in [-0.39, 0.29) is 0 Å². The first-order valence-electron chi connectivity index (χ1n) is 6.62. The maximum Gasteiger partial charge on any atom is 0.122 e. The highest BCUT2D eigenvalue weighted by atomic mass is 16.5. The Hall–Kier alpha value is -2.36. The molecule has 2 aromatic rings. The molecule has 0 radical (unpaired) electrons. The van der Waals surface area contributed by atoms with Gasteiger partial charge in [0.2, 0.25) is 0 Å². The number of anilines is 1. The molecule has 20 heavy (non-hydrogen) atoms. The summed E-state index contributed by atoms with van der Waals surface area (Å²) in [7, 11) is 0. The fourth-order valence-corrected chi connectivity index (χ4v) is 1.72. The van der Waals surface area contributed by atoms with Crippen molar-refractivity contribution < 1.29 is 14.2 Å². The number of hydrogen-bond acceptors (Lipinski definition) is 4. The molecule has 0 aromatic heterocycles. The van der Waals surface area contributed by atoms with Gasteiger partial charge in [-0.1, -0.05) is 6.07 Å². The molecule has 0 saturated heterocycles. The van der Waals surface area contributed by atoms with Crippen LogP contribution in [0.15, 0.2) is 48.5 Å². The quantitative estimate of drug-likeness (QED) is 0.622. The van der Waals surface area contributed by atoms with Crippen molar-refractivity contribution >= 4 is 5.69 Å². The lowest BCUT2D eigenvalue weighted by atomic mass is 10.3. The summed E-state index contributed by atoms with van der Waals surface area (Å²) in [6, 6.07) is 14.9. The van der Waals surface area contributed by atoms with E-state index in [9.17, 15) is 0 Å². The minimum absolute atomic E-state index is 0.469. The van der Waals surface area contributed by atoms with Gasteiger partial charge in [0, 0.05) is 11.8 Å². The Morgan fingerprint density at radius 3 is 2.00 bits per heavy atom. The van der Waals surface area contributed by atoms with Crippen LogP contribution in [0.5, 0.6) is 17.2 Å². The molecule has 106 valence electrons. The van der Waals surface area contributed by atoms with E-state index in [2.05, 4.69) is 0 Å². The fourth-order valence-electron chi connectivity index (χ4n) is 1.72. The third-order valence-electron chi connectivity index (χ3n) is 2.61. The van der Waals surface area contributed by atoms with Gasteiger partial charge in [-0.05, 0) is 43.3 Å². The second kappa shape index (κ2) is 7.28. The van der Waals surface area contributed by atoms with E-state index in [4.69, 9.17) is 19.9 Å². The summed E-state index contributed by atoms with van der Waals surface area (Å²) in [6.45, 7) is 3.56. The Bertz CT molecular complexity index is 526. The van der Waals surface area contributed by atoms with E-state index >= 15 is 0 Å². The van der Waals surface area contributed by atoms with Crippen LogP contribution >= 0.6 is 0 Å². The van der Waals surface area contributed by atoms with Crippen molar-refractivity contribution in [3.63, 3.8) is 0 Å². The molecular weight excluding hydrogens is 254 g/mol. The predicted molar refractivity (Wildman–Crippen MR) is 79.5 cm³/mol. The molecule has 0 aliphatic carbocycles. The molecule has 0 saturated carbocycles. The Morgan fingerprint density at radius 2 is 1.40 bits per heavy atom. The fraction of sp³-hybridized carbons (Fsp3) is 0.250. The molecule has 0 bridgehead atoms. The van der Waals surface area contributed by atoms with Crippen molar-refractivity contribution in [1.82, 2.24) is 0 Å². The van der Waals surface area contributed by atoms with Crippen molar-refractivity contribution in [3.8, 4) is 17.2 Å². The number of benzene rings is 2. The zero-order valence-corrected chi connectivity index (χ0v) is 11.5. The van der Waals surface area contributed by atoms with Gasteiger partial charge in [0.05, 0.1) is 6.61 Å². The van der Waals surface area contributed by atoms with Gasteiger partial charge in [0.15, 0.2) is 0 Å². The lowest BCUT2D eigenvalue weighted by molar-refractivity contribution is 0.217. The first kappa shape index (κ1) is 14.1. The van der Waals surface area contributed by atoms with Crippen LogP contribution < -0.4 is 19.9 Å². The molecule has 0 amide bonds. The van der Waals surface area contributed by atoms with Gasteiger partial charge < -0.3 is 19.9 Å². The molecule has 0 atom stereocenters. The average molecular weight is 273 g/mol. The van der Waals surface area contributed by atoms with Crippen LogP contribution in [0.4, 0.5) is 5.69 Å². The SMILES string of the molecule is CCOc1ccc(OCCOc2cccc(N)c2)cc1. The van der Waals surface area contributed by atoms with Crippen LogP contribution in [-0.4, -0.2) is 19.8 Å². The summed E-state index contributed by atoms with van der Waals surface area (Å²) >= 11 is 0. The van der Waals surface area contributed by atoms with Crippen molar-refractivity contribution in [1.29, 1.82) is 0 Å². The lowest BCUT2D eigenvalue weighted by Gasteiger charge is -2.09. The lowest BCUT2D eigenvalue weighted by Crippen LogP contribution is -2.09. The number of hydrogen-bond donors (Lipinski definition) is 1. The largest absolute Gasteiger partial charge is 0.494 e. The van der Waals surface area contributed by atoms with Crippen LogP contribution in [0.25, 0.3) is 0 Å². The molecular formula is C16H19NO3. The number of nitrogen functional groups attached to an aromatic ring is 1. The predicted octanol–water partition coefficient (Wildman–Crippen LogP) is 3.13. The van der Waals surface area contributed by atoms with Crippen LogP contribution in [0.1, 0.15) is 6.92 Å². The highest BCUT2D eigenvalue weighted by Crippen LogP contribution is 2.18. The number of nitrogens with two attached hydrogens (primary N) is 1. The minimum atomic E-state index is 0.469. The van der Waals surface area contributed by atoms with Gasteiger partial charge >= 0.3 is 0 Å². The highest BCUT2D eigenvalue weighted by molar-refractivity contribution is 5.43. The van der Waals surface area contributed by atoms with Crippen molar-refractivity contribution in [2.75, 3.05) is 25.6 Å². The molecule has 2 N–H and O–H groups in total. The van der Waals surface area contributed by atoms with Crippen molar-refractivity contribution in [2.24, 2.45) is 0 Å². The Labute approximate surface area is 119 Å². The summed E-state index contributed by atoms with van der Waals surface area (Å²) in [6.07, 6.45) is 0. The van der Waals surface area contributed by atoms with E-state index in [1.54, 1.807) is 6.07 Å². The van der Waals surface area contributed by atoms with E-state index in [1.165, 1.54) is 0 Å². The smallest absolute Gasteiger partial charge is 0.122 e. The first-order valence-corrected chi connectivity index (χ1v) is 6.62. The second-order valence-corrected chi connectivity index (χ2v) is 4.17. The zero-order valence-electron chi connectivity index (χ0n) is 11.5. The molecule has 0 aliphatic rings. The Kier molecular flexibility index (Phi) is 5.12. The van der Waals surface area contributed by atoms with E-state index < -0.39 is 0 Å². The van der Waals surface area contributed by atoms with Gasteiger partial charge in [-0.3, -0.25) is 0 Å². The third kappa shape index (κ3) is 4.39. The van der Waals surface area contributed by atoms with Crippen LogP contribution in [-0.2, 0) is 0 Å². The summed E-state index contributed by atoms with van der Waals surface area (Å²) in [5.74, 6) is 2.39. The van der Waals surface area contributed by atoms with Gasteiger partial charge in [-0.25, -0.2) is 0 Å².